The van der Waals surface area contributed by atoms with Crippen molar-refractivity contribution >= 4 is 0 Å². The highest BCUT2D eigenvalue weighted by Gasteiger charge is 2.07. The second kappa shape index (κ2) is 5.93. The molecule has 1 unspecified atom stereocenters. The molecule has 0 aromatic carbocycles. The molecule has 0 aliphatic rings. The first-order valence-corrected chi connectivity index (χ1v) is 5.53. The Labute approximate surface area is 91.5 Å². The molecule has 0 saturated heterocycles. The lowest BCUT2D eigenvalue weighted by Gasteiger charge is -2.13. The maximum atomic E-state index is 9.56. The summed E-state index contributed by atoms with van der Waals surface area (Å²) in [6.07, 6.45) is 0.577. The first-order valence-electron chi connectivity index (χ1n) is 5.53. The van der Waals surface area contributed by atoms with Crippen molar-refractivity contribution in [3.8, 4) is 0 Å². The van der Waals surface area contributed by atoms with Crippen LogP contribution >= 0.6 is 0 Å². The number of rotatable bonds is 6. The molecule has 0 aliphatic carbocycles. The van der Waals surface area contributed by atoms with Crippen molar-refractivity contribution in [3.63, 3.8) is 0 Å². The number of aliphatic hydroxyl groups is 1. The second-order valence-electron chi connectivity index (χ2n) is 4.29. The van der Waals surface area contributed by atoms with Gasteiger partial charge in [-0.05, 0) is 37.9 Å². The maximum Gasteiger partial charge on any atom is 0.117 e. The van der Waals surface area contributed by atoms with Crippen LogP contribution in [0.1, 0.15) is 31.8 Å². The summed E-state index contributed by atoms with van der Waals surface area (Å²) in [5.74, 6) is 2.22. The van der Waals surface area contributed by atoms with E-state index < -0.39 is 0 Å². The van der Waals surface area contributed by atoms with Gasteiger partial charge >= 0.3 is 0 Å². The molecule has 0 spiro atoms. The van der Waals surface area contributed by atoms with Gasteiger partial charge in [0.05, 0.1) is 12.6 Å². The first-order chi connectivity index (χ1) is 7.09. The van der Waals surface area contributed by atoms with Gasteiger partial charge in [-0.25, -0.2) is 0 Å². The third-order valence-electron chi connectivity index (χ3n) is 2.48. The molecule has 1 rings (SSSR count). The molecule has 3 heteroatoms. The van der Waals surface area contributed by atoms with Gasteiger partial charge in [-0.15, -0.1) is 0 Å². The molecule has 2 N–H and O–H groups in total. The molecule has 1 aromatic rings. The number of aryl methyl sites for hydroxylation is 1. The van der Waals surface area contributed by atoms with E-state index in [0.717, 1.165) is 31.0 Å². The van der Waals surface area contributed by atoms with Crippen molar-refractivity contribution in [1.29, 1.82) is 0 Å². The molecule has 1 atom stereocenters. The molecule has 0 amide bonds. The van der Waals surface area contributed by atoms with E-state index in [1.165, 1.54) is 0 Å². The van der Waals surface area contributed by atoms with E-state index in [2.05, 4.69) is 5.32 Å². The van der Waals surface area contributed by atoms with E-state index in [1.807, 2.05) is 32.9 Å². The minimum atomic E-state index is -0.212. The van der Waals surface area contributed by atoms with Crippen LogP contribution in [0, 0.1) is 12.8 Å². The van der Waals surface area contributed by atoms with Crippen LogP contribution in [-0.4, -0.2) is 17.8 Å². The largest absolute Gasteiger partial charge is 0.465 e. The third kappa shape index (κ3) is 4.49. The van der Waals surface area contributed by atoms with E-state index in [9.17, 15) is 5.11 Å². The Bertz CT molecular complexity index is 281. The molecule has 0 saturated carbocycles. The number of nitrogens with one attached hydrogen (secondary N) is 1. The zero-order valence-electron chi connectivity index (χ0n) is 9.79. The predicted molar refractivity (Wildman–Crippen MR) is 60.6 cm³/mol. The van der Waals surface area contributed by atoms with Crippen molar-refractivity contribution in [2.24, 2.45) is 5.92 Å². The van der Waals surface area contributed by atoms with Crippen molar-refractivity contribution in [2.75, 3.05) is 6.54 Å². The highest BCUT2D eigenvalue weighted by atomic mass is 16.3. The van der Waals surface area contributed by atoms with Crippen LogP contribution in [0.25, 0.3) is 0 Å². The smallest absolute Gasteiger partial charge is 0.117 e. The van der Waals surface area contributed by atoms with Gasteiger partial charge in [0.1, 0.15) is 11.5 Å². The molecule has 15 heavy (non-hydrogen) atoms. The summed E-state index contributed by atoms with van der Waals surface area (Å²) in [4.78, 5) is 0. The van der Waals surface area contributed by atoms with Crippen LogP contribution in [-0.2, 0) is 6.54 Å². The highest BCUT2D eigenvalue weighted by molar-refractivity contribution is 5.04. The quantitative estimate of drug-likeness (QED) is 0.708. The lowest BCUT2D eigenvalue weighted by Crippen LogP contribution is -2.23. The van der Waals surface area contributed by atoms with Gasteiger partial charge in [0.25, 0.3) is 0 Å². The van der Waals surface area contributed by atoms with E-state index >= 15 is 0 Å². The minimum absolute atomic E-state index is 0.212. The Balaban J connectivity index is 2.12. The monoisotopic (exact) mass is 211 g/mol. The summed E-state index contributed by atoms with van der Waals surface area (Å²) in [5, 5.41) is 12.8. The topological polar surface area (TPSA) is 45.4 Å². The summed E-state index contributed by atoms with van der Waals surface area (Å²) in [6, 6.07) is 3.93. The van der Waals surface area contributed by atoms with E-state index in [-0.39, 0.29) is 6.10 Å². The van der Waals surface area contributed by atoms with Crippen LogP contribution in [0.5, 0.6) is 0 Å². The Morgan fingerprint density at radius 3 is 2.67 bits per heavy atom. The van der Waals surface area contributed by atoms with Gasteiger partial charge in [0.15, 0.2) is 0 Å². The van der Waals surface area contributed by atoms with E-state index in [1.54, 1.807) is 0 Å². The molecule has 1 aromatic heterocycles. The van der Waals surface area contributed by atoms with Gasteiger partial charge < -0.3 is 14.8 Å². The van der Waals surface area contributed by atoms with Gasteiger partial charge in [-0.2, -0.15) is 0 Å². The molecular weight excluding hydrogens is 190 g/mol. The van der Waals surface area contributed by atoms with Gasteiger partial charge in [-0.3, -0.25) is 0 Å². The van der Waals surface area contributed by atoms with E-state index in [4.69, 9.17) is 4.42 Å². The molecule has 0 bridgehead atoms. The molecule has 1 heterocycles. The number of hydrogen-bond donors (Lipinski definition) is 2. The van der Waals surface area contributed by atoms with Crippen molar-refractivity contribution in [3.05, 3.63) is 23.7 Å². The molecule has 0 radical (unpaired) electrons. The Morgan fingerprint density at radius 1 is 1.40 bits per heavy atom. The Kier molecular flexibility index (Phi) is 4.85. The summed E-state index contributed by atoms with van der Waals surface area (Å²) in [7, 11) is 0. The molecule has 0 aliphatic heterocycles. The summed E-state index contributed by atoms with van der Waals surface area (Å²) < 4.78 is 5.41. The molecule has 86 valence electrons. The fraction of sp³-hybridized carbons (Fsp3) is 0.667. The Hall–Kier alpha value is -0.800. The predicted octanol–water partition coefficient (Wildman–Crippen LogP) is 2.08. The third-order valence-corrected chi connectivity index (χ3v) is 2.48. The lowest BCUT2D eigenvalue weighted by molar-refractivity contribution is 0.116. The van der Waals surface area contributed by atoms with Crippen LogP contribution in [0.3, 0.4) is 0 Å². The van der Waals surface area contributed by atoms with Gasteiger partial charge in [-0.1, -0.05) is 13.8 Å². The highest BCUT2D eigenvalue weighted by Crippen LogP contribution is 2.06. The minimum Gasteiger partial charge on any atom is -0.465 e. The average Bonchev–Trinajstić information content (AvgIpc) is 2.58. The maximum absolute atomic E-state index is 9.56. The van der Waals surface area contributed by atoms with Gasteiger partial charge in [0, 0.05) is 0 Å². The standard InChI is InChI=1S/C12H21NO2/c1-9(2)12(14)6-7-13-8-11-5-4-10(3)15-11/h4-5,9,12-14H,6-8H2,1-3H3. The molecular formula is C12H21NO2. The van der Waals surface area contributed by atoms with Crippen molar-refractivity contribution in [2.45, 2.75) is 39.8 Å². The second-order valence-corrected chi connectivity index (χ2v) is 4.29. The molecule has 3 nitrogen and oxygen atoms in total. The fourth-order valence-corrected chi connectivity index (χ4v) is 1.37. The summed E-state index contributed by atoms with van der Waals surface area (Å²) in [6.45, 7) is 7.55. The average molecular weight is 211 g/mol. The normalized spacial score (nSPS) is 13.4. The van der Waals surface area contributed by atoms with Crippen LogP contribution < -0.4 is 5.32 Å². The summed E-state index contributed by atoms with van der Waals surface area (Å²) >= 11 is 0. The first kappa shape index (κ1) is 12.3. The van der Waals surface area contributed by atoms with E-state index in [0.29, 0.717) is 5.92 Å². The van der Waals surface area contributed by atoms with Crippen molar-refractivity contribution < 1.29 is 9.52 Å². The number of aliphatic hydroxyl groups excluding tert-OH is 1. The zero-order chi connectivity index (χ0) is 11.3. The van der Waals surface area contributed by atoms with Crippen LogP contribution in [0.15, 0.2) is 16.5 Å². The SMILES string of the molecule is Cc1ccc(CNCCC(O)C(C)C)o1. The van der Waals surface area contributed by atoms with Crippen LogP contribution in [0.4, 0.5) is 0 Å². The van der Waals surface area contributed by atoms with Crippen LogP contribution in [0.2, 0.25) is 0 Å². The summed E-state index contributed by atoms with van der Waals surface area (Å²) in [5.41, 5.74) is 0. The van der Waals surface area contributed by atoms with Gasteiger partial charge in [0.2, 0.25) is 0 Å². The Morgan fingerprint density at radius 2 is 2.13 bits per heavy atom. The number of hydrogen-bond acceptors (Lipinski definition) is 3. The lowest BCUT2D eigenvalue weighted by atomic mass is 10.0. The number of furan rings is 1. The fourth-order valence-electron chi connectivity index (χ4n) is 1.37. The zero-order valence-corrected chi connectivity index (χ0v) is 9.79. The molecule has 0 fully saturated rings. The van der Waals surface area contributed by atoms with Crippen molar-refractivity contribution in [1.82, 2.24) is 5.32 Å².